The molecule has 1 aliphatic rings. The molecule has 0 N–H and O–H groups in total. The summed E-state index contributed by atoms with van der Waals surface area (Å²) in [7, 11) is -3.72. The van der Waals surface area contributed by atoms with Gasteiger partial charge in [0.1, 0.15) is 5.60 Å². The molecule has 0 aromatic carbocycles. The Bertz CT molecular complexity index is 568. The quantitative estimate of drug-likeness (QED) is 0.711. The summed E-state index contributed by atoms with van der Waals surface area (Å²) in [5.41, 5.74) is -0.628. The van der Waals surface area contributed by atoms with E-state index in [-0.39, 0.29) is 32.5 Å². The Balaban J connectivity index is 3.01. The first-order valence-electron chi connectivity index (χ1n) is 8.26. The van der Waals surface area contributed by atoms with Crippen LogP contribution in [0.2, 0.25) is 0 Å². The first-order chi connectivity index (χ1) is 10.9. The Morgan fingerprint density at radius 3 is 2.04 bits per heavy atom. The number of likely N-dealkylation sites (tertiary alicyclic amines) is 1. The van der Waals surface area contributed by atoms with E-state index in [1.54, 1.807) is 41.5 Å². The van der Waals surface area contributed by atoms with E-state index < -0.39 is 37.5 Å². The third-order valence-electron chi connectivity index (χ3n) is 4.04. The fourth-order valence-corrected chi connectivity index (χ4v) is 4.64. The van der Waals surface area contributed by atoms with Gasteiger partial charge in [-0.05, 0) is 54.4 Å². The molecule has 0 spiro atoms. The summed E-state index contributed by atoms with van der Waals surface area (Å²) >= 11 is 0. The standard InChI is InChI=1S/C16H29NO6S/c1-7-22-13(18)16(24(20,21)12(2)3)8-10-17(11-9-16)14(19)23-15(4,5)6/h12H,7-11H2,1-6H3. The second-order valence-electron chi connectivity index (χ2n) is 7.28. The molecule has 0 unspecified atom stereocenters. The van der Waals surface area contributed by atoms with Crippen molar-refractivity contribution in [3.63, 3.8) is 0 Å². The van der Waals surface area contributed by atoms with E-state index in [2.05, 4.69) is 0 Å². The van der Waals surface area contributed by atoms with E-state index in [1.165, 1.54) is 4.90 Å². The number of ether oxygens (including phenoxy) is 2. The number of hydrogen-bond acceptors (Lipinski definition) is 6. The van der Waals surface area contributed by atoms with Gasteiger partial charge < -0.3 is 14.4 Å². The average Bonchev–Trinajstić information content (AvgIpc) is 2.45. The fourth-order valence-electron chi connectivity index (χ4n) is 2.70. The van der Waals surface area contributed by atoms with Crippen molar-refractivity contribution in [2.45, 2.75) is 70.0 Å². The smallest absolute Gasteiger partial charge is 0.410 e. The fraction of sp³-hybridized carbons (Fsp3) is 0.875. The van der Waals surface area contributed by atoms with Crippen LogP contribution in [0.4, 0.5) is 4.79 Å². The molecule has 1 rings (SSSR count). The SMILES string of the molecule is CCOC(=O)C1(S(=O)(=O)C(C)C)CCN(C(=O)OC(C)(C)C)CC1. The largest absolute Gasteiger partial charge is 0.465 e. The Labute approximate surface area is 144 Å². The zero-order valence-electron chi connectivity index (χ0n) is 15.4. The predicted octanol–water partition coefficient (Wildman–Crippen LogP) is 2.14. The van der Waals surface area contributed by atoms with Crippen molar-refractivity contribution in [2.24, 2.45) is 0 Å². The third kappa shape index (κ3) is 4.20. The number of carbonyl (C=O) groups is 2. The number of carbonyl (C=O) groups excluding carboxylic acids is 2. The summed E-state index contributed by atoms with van der Waals surface area (Å²) in [5, 5.41) is -0.699. The monoisotopic (exact) mass is 363 g/mol. The van der Waals surface area contributed by atoms with Gasteiger partial charge in [-0.2, -0.15) is 0 Å². The zero-order valence-corrected chi connectivity index (χ0v) is 16.2. The van der Waals surface area contributed by atoms with Gasteiger partial charge in [0.25, 0.3) is 0 Å². The lowest BCUT2D eigenvalue weighted by molar-refractivity contribution is -0.147. The highest BCUT2D eigenvalue weighted by Gasteiger charge is 2.55. The molecule has 7 nitrogen and oxygen atoms in total. The van der Waals surface area contributed by atoms with Crippen molar-refractivity contribution in [1.29, 1.82) is 0 Å². The molecular weight excluding hydrogens is 334 g/mol. The van der Waals surface area contributed by atoms with Gasteiger partial charge in [-0.15, -0.1) is 0 Å². The Morgan fingerprint density at radius 1 is 1.17 bits per heavy atom. The number of amides is 1. The van der Waals surface area contributed by atoms with Crippen LogP contribution in [-0.4, -0.2) is 60.7 Å². The van der Waals surface area contributed by atoms with Crippen molar-refractivity contribution in [3.05, 3.63) is 0 Å². The maximum Gasteiger partial charge on any atom is 0.410 e. The van der Waals surface area contributed by atoms with Crippen LogP contribution in [0.25, 0.3) is 0 Å². The molecule has 1 heterocycles. The van der Waals surface area contributed by atoms with E-state index in [0.717, 1.165) is 0 Å². The first-order valence-corrected chi connectivity index (χ1v) is 9.80. The molecule has 0 aromatic heterocycles. The van der Waals surface area contributed by atoms with Crippen LogP contribution >= 0.6 is 0 Å². The lowest BCUT2D eigenvalue weighted by atomic mass is 9.96. The molecule has 1 amide bonds. The molecule has 8 heteroatoms. The van der Waals surface area contributed by atoms with Crippen LogP contribution in [0.3, 0.4) is 0 Å². The highest BCUT2D eigenvalue weighted by Crippen LogP contribution is 2.35. The number of esters is 1. The van der Waals surface area contributed by atoms with Crippen LogP contribution < -0.4 is 0 Å². The van der Waals surface area contributed by atoms with E-state index >= 15 is 0 Å². The summed E-state index contributed by atoms with van der Waals surface area (Å²) in [6.07, 6.45) is -0.459. The van der Waals surface area contributed by atoms with Crippen LogP contribution in [0.5, 0.6) is 0 Å². The van der Waals surface area contributed by atoms with Gasteiger partial charge in [-0.3, -0.25) is 4.79 Å². The lowest BCUT2D eigenvalue weighted by Crippen LogP contribution is -2.58. The van der Waals surface area contributed by atoms with E-state index in [9.17, 15) is 18.0 Å². The second-order valence-corrected chi connectivity index (χ2v) is 10.1. The van der Waals surface area contributed by atoms with Gasteiger partial charge in [0, 0.05) is 13.1 Å². The molecule has 1 fully saturated rings. The molecule has 0 bridgehead atoms. The van der Waals surface area contributed by atoms with Crippen molar-refractivity contribution in [3.8, 4) is 0 Å². The maximum absolute atomic E-state index is 12.8. The van der Waals surface area contributed by atoms with Crippen LogP contribution in [-0.2, 0) is 24.1 Å². The van der Waals surface area contributed by atoms with Crippen molar-refractivity contribution < 1.29 is 27.5 Å². The second kappa shape index (κ2) is 7.29. The number of rotatable bonds is 4. The lowest BCUT2D eigenvalue weighted by Gasteiger charge is -2.40. The van der Waals surface area contributed by atoms with E-state index in [4.69, 9.17) is 9.47 Å². The number of nitrogens with zero attached hydrogens (tertiary/aromatic N) is 1. The van der Waals surface area contributed by atoms with Gasteiger partial charge in [0.15, 0.2) is 14.6 Å². The van der Waals surface area contributed by atoms with Gasteiger partial charge in [-0.25, -0.2) is 13.2 Å². The molecule has 24 heavy (non-hydrogen) atoms. The molecule has 0 radical (unpaired) electrons. The predicted molar refractivity (Wildman–Crippen MR) is 90.5 cm³/mol. The topological polar surface area (TPSA) is 90.0 Å². The average molecular weight is 363 g/mol. The minimum absolute atomic E-state index is 0.0194. The van der Waals surface area contributed by atoms with Crippen LogP contribution in [0, 0.1) is 0 Å². The van der Waals surface area contributed by atoms with E-state index in [1.807, 2.05) is 0 Å². The Kier molecular flexibility index (Phi) is 6.30. The van der Waals surface area contributed by atoms with Gasteiger partial charge >= 0.3 is 12.1 Å². The highest BCUT2D eigenvalue weighted by atomic mass is 32.2. The molecule has 140 valence electrons. The van der Waals surface area contributed by atoms with Crippen LogP contribution in [0.1, 0.15) is 54.4 Å². The number of piperidine rings is 1. The normalized spacial score (nSPS) is 18.4. The molecule has 1 aliphatic heterocycles. The van der Waals surface area contributed by atoms with Gasteiger partial charge in [0.2, 0.25) is 0 Å². The summed E-state index contributed by atoms with van der Waals surface area (Å²) in [5.74, 6) is -0.720. The third-order valence-corrected chi connectivity index (χ3v) is 6.94. The number of sulfone groups is 1. The van der Waals surface area contributed by atoms with Crippen molar-refractivity contribution >= 4 is 21.9 Å². The highest BCUT2D eigenvalue weighted by molar-refractivity contribution is 7.94. The van der Waals surface area contributed by atoms with Gasteiger partial charge in [0.05, 0.1) is 11.9 Å². The summed E-state index contributed by atoms with van der Waals surface area (Å²) < 4.78 is 34.4. The summed E-state index contributed by atoms with van der Waals surface area (Å²) in [4.78, 5) is 26.0. The molecule has 0 atom stereocenters. The Morgan fingerprint density at radius 2 is 1.67 bits per heavy atom. The molecular formula is C16H29NO6S. The Hall–Kier alpha value is -1.31. The van der Waals surface area contributed by atoms with E-state index in [0.29, 0.717) is 0 Å². The molecule has 0 aliphatic carbocycles. The summed E-state index contributed by atoms with van der Waals surface area (Å²) in [6.45, 7) is 10.4. The van der Waals surface area contributed by atoms with Crippen molar-refractivity contribution in [2.75, 3.05) is 19.7 Å². The molecule has 0 saturated carbocycles. The minimum atomic E-state index is -3.72. The minimum Gasteiger partial charge on any atom is -0.465 e. The van der Waals surface area contributed by atoms with Crippen LogP contribution in [0.15, 0.2) is 0 Å². The molecule has 1 saturated heterocycles. The van der Waals surface area contributed by atoms with Gasteiger partial charge in [-0.1, -0.05) is 0 Å². The summed E-state index contributed by atoms with van der Waals surface area (Å²) in [6, 6.07) is 0. The molecule has 0 aromatic rings. The number of hydrogen-bond donors (Lipinski definition) is 0. The first kappa shape index (κ1) is 20.7. The zero-order chi connectivity index (χ0) is 18.8. The van der Waals surface area contributed by atoms with Crippen molar-refractivity contribution in [1.82, 2.24) is 4.90 Å². The maximum atomic E-state index is 12.8.